The molecule has 1 aromatic rings. The number of rotatable bonds is 6. The fourth-order valence-corrected chi connectivity index (χ4v) is 2.25. The molecule has 1 aromatic heterocycles. The summed E-state index contributed by atoms with van der Waals surface area (Å²) in [6, 6.07) is 3.33. The lowest BCUT2D eigenvalue weighted by Gasteiger charge is -2.28. The molecule has 2 N–H and O–H groups in total. The van der Waals surface area contributed by atoms with E-state index in [0.717, 1.165) is 13.1 Å². The monoisotopic (exact) mass is 351 g/mol. The van der Waals surface area contributed by atoms with Crippen molar-refractivity contribution in [3.63, 3.8) is 0 Å². The van der Waals surface area contributed by atoms with E-state index < -0.39 is 6.10 Å². The molecule has 1 saturated heterocycles. The first-order valence-electron chi connectivity index (χ1n) is 6.98. The molecular formula is C14H23Cl2N3O3. The van der Waals surface area contributed by atoms with E-state index in [0.29, 0.717) is 12.1 Å². The lowest BCUT2D eigenvalue weighted by molar-refractivity contribution is -0.0242. The smallest absolute Gasteiger partial charge is 0.276 e. The standard InChI is InChI=1S/C14H21N3O3.2ClH/c18-13(10-17-7-2-1-3-8-17)11-20-16-14(19)12-5-4-6-15-9-12;;/h4-6,9,13,18H,1-3,7-8,10-11H2,(H,16,19);2*1H. The fraction of sp³-hybridized carbons (Fsp3) is 0.571. The van der Waals surface area contributed by atoms with Crippen molar-refractivity contribution in [2.24, 2.45) is 0 Å². The van der Waals surface area contributed by atoms with Gasteiger partial charge in [-0.25, -0.2) is 5.48 Å². The number of aliphatic hydroxyl groups excluding tert-OH is 1. The highest BCUT2D eigenvalue weighted by molar-refractivity contribution is 5.92. The molecule has 8 heteroatoms. The van der Waals surface area contributed by atoms with Crippen LogP contribution < -0.4 is 5.48 Å². The number of aliphatic hydroxyl groups is 1. The molecule has 0 spiro atoms. The van der Waals surface area contributed by atoms with Crippen LogP contribution in [0.15, 0.2) is 24.5 Å². The summed E-state index contributed by atoms with van der Waals surface area (Å²) < 4.78 is 0. The molecule has 2 heterocycles. The molecule has 1 atom stereocenters. The number of hydroxylamine groups is 1. The number of carbonyl (C=O) groups excluding carboxylic acids is 1. The van der Waals surface area contributed by atoms with Crippen molar-refractivity contribution < 1.29 is 14.7 Å². The molecule has 126 valence electrons. The van der Waals surface area contributed by atoms with Crippen LogP contribution in [0.5, 0.6) is 0 Å². The first kappa shape index (κ1) is 21.1. The molecule has 6 nitrogen and oxygen atoms in total. The van der Waals surface area contributed by atoms with E-state index in [-0.39, 0.29) is 37.3 Å². The summed E-state index contributed by atoms with van der Waals surface area (Å²) in [7, 11) is 0. The normalized spacial score (nSPS) is 16.0. The number of piperidine rings is 1. The van der Waals surface area contributed by atoms with Gasteiger partial charge in [-0.2, -0.15) is 0 Å². The number of carbonyl (C=O) groups is 1. The fourth-order valence-electron chi connectivity index (χ4n) is 2.25. The second kappa shape index (κ2) is 11.6. The Morgan fingerprint density at radius 2 is 2.09 bits per heavy atom. The van der Waals surface area contributed by atoms with Gasteiger partial charge < -0.3 is 10.0 Å². The number of hydrogen-bond acceptors (Lipinski definition) is 5. The van der Waals surface area contributed by atoms with E-state index in [9.17, 15) is 9.90 Å². The first-order chi connectivity index (χ1) is 9.75. The van der Waals surface area contributed by atoms with Crippen molar-refractivity contribution in [1.29, 1.82) is 0 Å². The third kappa shape index (κ3) is 7.38. The largest absolute Gasteiger partial charge is 0.389 e. The van der Waals surface area contributed by atoms with Crippen LogP contribution in [0.1, 0.15) is 29.6 Å². The van der Waals surface area contributed by atoms with Gasteiger partial charge in [0.25, 0.3) is 5.91 Å². The number of amides is 1. The molecule has 2 rings (SSSR count). The Labute approximate surface area is 143 Å². The number of likely N-dealkylation sites (tertiary alicyclic amines) is 1. The maximum Gasteiger partial charge on any atom is 0.276 e. The Bertz CT molecular complexity index is 417. The van der Waals surface area contributed by atoms with Gasteiger partial charge in [0.05, 0.1) is 11.7 Å². The number of β-amino-alcohol motifs (C(OH)–C–C–N with tert-alkyl or cyclic N) is 1. The van der Waals surface area contributed by atoms with Gasteiger partial charge in [-0.05, 0) is 38.1 Å². The average molecular weight is 352 g/mol. The molecule has 1 fully saturated rings. The SMILES string of the molecule is Cl.Cl.O=C(NOCC(O)CN1CCCCC1)c1cccnc1. The Morgan fingerprint density at radius 1 is 1.36 bits per heavy atom. The van der Waals surface area contributed by atoms with Gasteiger partial charge in [0.1, 0.15) is 6.61 Å². The third-order valence-electron chi connectivity index (χ3n) is 3.28. The summed E-state index contributed by atoms with van der Waals surface area (Å²) in [6.07, 6.45) is 6.10. The maximum absolute atomic E-state index is 11.6. The molecule has 1 aliphatic heterocycles. The quantitative estimate of drug-likeness (QED) is 0.758. The number of pyridine rings is 1. The van der Waals surface area contributed by atoms with E-state index in [1.165, 1.54) is 25.5 Å². The van der Waals surface area contributed by atoms with Gasteiger partial charge in [-0.15, -0.1) is 24.8 Å². The molecule has 1 unspecified atom stereocenters. The van der Waals surface area contributed by atoms with Crippen LogP contribution in [0.4, 0.5) is 0 Å². The predicted molar refractivity (Wildman–Crippen MR) is 88.4 cm³/mol. The number of nitrogens with one attached hydrogen (secondary N) is 1. The zero-order chi connectivity index (χ0) is 14.2. The summed E-state index contributed by atoms with van der Waals surface area (Å²) in [6.45, 7) is 2.73. The van der Waals surface area contributed by atoms with Crippen molar-refractivity contribution in [1.82, 2.24) is 15.4 Å². The maximum atomic E-state index is 11.6. The van der Waals surface area contributed by atoms with Crippen LogP contribution >= 0.6 is 24.8 Å². The zero-order valence-electron chi connectivity index (χ0n) is 12.3. The number of aromatic nitrogens is 1. The molecule has 0 saturated carbocycles. The first-order valence-corrected chi connectivity index (χ1v) is 6.98. The van der Waals surface area contributed by atoms with Gasteiger partial charge in [-0.3, -0.25) is 14.6 Å². The highest BCUT2D eigenvalue weighted by Crippen LogP contribution is 2.08. The molecule has 0 aromatic carbocycles. The van der Waals surface area contributed by atoms with E-state index in [1.807, 2.05) is 0 Å². The summed E-state index contributed by atoms with van der Waals surface area (Å²) in [5, 5.41) is 9.85. The molecule has 1 aliphatic rings. The van der Waals surface area contributed by atoms with Crippen molar-refractivity contribution in [2.45, 2.75) is 25.4 Å². The number of nitrogens with zero attached hydrogens (tertiary/aromatic N) is 2. The molecule has 0 bridgehead atoms. The van der Waals surface area contributed by atoms with Crippen LogP contribution in [-0.4, -0.2) is 53.2 Å². The van der Waals surface area contributed by atoms with Gasteiger partial charge in [0, 0.05) is 18.9 Å². The van der Waals surface area contributed by atoms with Gasteiger partial charge in [0.2, 0.25) is 0 Å². The van der Waals surface area contributed by atoms with Crippen LogP contribution in [0.25, 0.3) is 0 Å². The molecule has 0 aliphatic carbocycles. The summed E-state index contributed by atoms with van der Waals surface area (Å²) in [5.74, 6) is -0.358. The predicted octanol–water partition coefficient (Wildman–Crippen LogP) is 1.43. The highest BCUT2D eigenvalue weighted by atomic mass is 35.5. The summed E-state index contributed by atoms with van der Waals surface area (Å²) in [5.41, 5.74) is 2.74. The van der Waals surface area contributed by atoms with Gasteiger partial charge in [0.15, 0.2) is 0 Å². The van der Waals surface area contributed by atoms with E-state index in [1.54, 1.807) is 18.3 Å². The second-order valence-electron chi connectivity index (χ2n) is 5.00. The molecule has 1 amide bonds. The van der Waals surface area contributed by atoms with E-state index in [4.69, 9.17) is 4.84 Å². The minimum atomic E-state index is -0.595. The van der Waals surface area contributed by atoms with Crippen LogP contribution in [0, 0.1) is 0 Å². The topological polar surface area (TPSA) is 74.7 Å². The Kier molecular flexibility index (Phi) is 11.1. The van der Waals surface area contributed by atoms with Crippen molar-refractivity contribution >= 4 is 30.7 Å². The van der Waals surface area contributed by atoms with Gasteiger partial charge in [-0.1, -0.05) is 6.42 Å². The minimum absolute atomic E-state index is 0. The second-order valence-corrected chi connectivity index (χ2v) is 5.00. The van der Waals surface area contributed by atoms with Crippen molar-refractivity contribution in [2.75, 3.05) is 26.2 Å². The lowest BCUT2D eigenvalue weighted by atomic mass is 10.1. The van der Waals surface area contributed by atoms with Crippen molar-refractivity contribution in [3.8, 4) is 0 Å². The Balaban J connectivity index is 0.00000220. The third-order valence-corrected chi connectivity index (χ3v) is 3.28. The zero-order valence-corrected chi connectivity index (χ0v) is 13.9. The minimum Gasteiger partial charge on any atom is -0.389 e. The molecular weight excluding hydrogens is 329 g/mol. The van der Waals surface area contributed by atoms with Crippen molar-refractivity contribution in [3.05, 3.63) is 30.1 Å². The van der Waals surface area contributed by atoms with Crippen LogP contribution in [0.2, 0.25) is 0 Å². The molecule has 0 radical (unpaired) electrons. The summed E-state index contributed by atoms with van der Waals surface area (Å²) >= 11 is 0. The van der Waals surface area contributed by atoms with E-state index in [2.05, 4.69) is 15.4 Å². The lowest BCUT2D eigenvalue weighted by Crippen LogP contribution is -2.39. The number of halogens is 2. The highest BCUT2D eigenvalue weighted by Gasteiger charge is 2.15. The van der Waals surface area contributed by atoms with Crippen LogP contribution in [-0.2, 0) is 4.84 Å². The van der Waals surface area contributed by atoms with E-state index >= 15 is 0 Å². The number of hydrogen-bond donors (Lipinski definition) is 2. The Hall–Kier alpha value is -0.920. The van der Waals surface area contributed by atoms with Crippen LogP contribution in [0.3, 0.4) is 0 Å². The average Bonchev–Trinajstić information content (AvgIpc) is 2.49. The Morgan fingerprint density at radius 3 is 2.73 bits per heavy atom. The molecule has 22 heavy (non-hydrogen) atoms. The summed E-state index contributed by atoms with van der Waals surface area (Å²) in [4.78, 5) is 22.8. The van der Waals surface area contributed by atoms with Gasteiger partial charge >= 0.3 is 0 Å².